The van der Waals surface area contributed by atoms with Gasteiger partial charge in [-0.2, -0.15) is 0 Å². The molecule has 0 aliphatic carbocycles. The van der Waals surface area contributed by atoms with Gasteiger partial charge in [-0.1, -0.05) is 15.9 Å². The number of hydrogen-bond donors (Lipinski definition) is 0. The summed E-state index contributed by atoms with van der Waals surface area (Å²) >= 11 is 3.31. The molecule has 0 amide bonds. The van der Waals surface area contributed by atoms with Crippen LogP contribution in [0.5, 0.6) is 0 Å². The Bertz CT molecular complexity index is 61.1. The van der Waals surface area contributed by atoms with Crippen LogP contribution in [0.15, 0.2) is 0 Å². The van der Waals surface area contributed by atoms with E-state index in [-0.39, 0.29) is 0 Å². The number of halogens is 1. The van der Waals surface area contributed by atoms with Crippen molar-refractivity contribution in [3.63, 3.8) is 0 Å². The minimum atomic E-state index is 0.922. The topological polar surface area (TPSA) is 0 Å². The molecule has 0 aliphatic heterocycles. The number of hydrogen-bond acceptors (Lipinski definition) is 0. The van der Waals surface area contributed by atoms with Crippen molar-refractivity contribution in [3.8, 4) is 12.3 Å². The van der Waals surface area contributed by atoms with Gasteiger partial charge in [-0.05, 0) is 12.8 Å². The molecule has 0 bridgehead atoms. The Balaban J connectivity index is 2.60. The van der Waals surface area contributed by atoms with Gasteiger partial charge in [0.2, 0.25) is 0 Å². The van der Waals surface area contributed by atoms with Gasteiger partial charge in [0.1, 0.15) is 0 Å². The van der Waals surface area contributed by atoms with Crippen LogP contribution in [0.2, 0.25) is 0 Å². The highest BCUT2D eigenvalue weighted by molar-refractivity contribution is 9.09. The number of alkyl halides is 1. The molecule has 1 heteroatoms. The molecule has 0 unspecified atom stereocenters. The van der Waals surface area contributed by atoms with Crippen molar-refractivity contribution in [1.29, 1.82) is 0 Å². The summed E-state index contributed by atoms with van der Waals surface area (Å²) in [5, 5.41) is 1.08. The number of terminal acetylenes is 1. The fraction of sp³-hybridized carbons (Fsp3) is 0.667. The third-order valence-corrected chi connectivity index (χ3v) is 1.27. The summed E-state index contributed by atoms with van der Waals surface area (Å²) in [4.78, 5) is 0. The maximum Gasteiger partial charge on any atom is 0.00863 e. The second-order valence-corrected chi connectivity index (χ2v) is 2.14. The van der Waals surface area contributed by atoms with Gasteiger partial charge >= 0.3 is 0 Å². The van der Waals surface area contributed by atoms with E-state index in [2.05, 4.69) is 21.9 Å². The Hall–Kier alpha value is 0.0400. The zero-order chi connectivity index (χ0) is 5.54. The molecule has 0 saturated heterocycles. The number of unbranched alkanes of at least 4 members (excludes halogenated alkanes) is 2. The van der Waals surface area contributed by atoms with Crippen molar-refractivity contribution in [2.24, 2.45) is 0 Å². The standard InChI is InChI=1S/C6H9Br/c1-2-3-4-5-6-7/h1H,3-6H2. The monoisotopic (exact) mass is 160 g/mol. The zero-order valence-electron chi connectivity index (χ0n) is 4.28. The Morgan fingerprint density at radius 1 is 1.43 bits per heavy atom. The fourth-order valence-corrected chi connectivity index (χ4v) is 0.718. The molecule has 0 N–H and O–H groups in total. The van der Waals surface area contributed by atoms with Gasteiger partial charge in [-0.25, -0.2) is 0 Å². The molecule has 7 heavy (non-hydrogen) atoms. The lowest BCUT2D eigenvalue weighted by atomic mass is 10.3. The van der Waals surface area contributed by atoms with E-state index in [0.29, 0.717) is 0 Å². The fourth-order valence-electron chi connectivity index (χ4n) is 0.322. The first-order valence-electron chi connectivity index (χ1n) is 2.41. The van der Waals surface area contributed by atoms with Crippen molar-refractivity contribution in [2.75, 3.05) is 5.33 Å². The highest BCUT2D eigenvalue weighted by Crippen LogP contribution is 1.95. The van der Waals surface area contributed by atoms with Crippen LogP contribution < -0.4 is 0 Å². The smallest absolute Gasteiger partial charge is 0.00863 e. The Kier molecular flexibility index (Phi) is 6.07. The van der Waals surface area contributed by atoms with Crippen molar-refractivity contribution >= 4 is 15.9 Å². The molecule has 0 fully saturated rings. The predicted molar refractivity (Wildman–Crippen MR) is 36.5 cm³/mol. The first kappa shape index (κ1) is 7.04. The first-order chi connectivity index (χ1) is 3.41. The van der Waals surface area contributed by atoms with E-state index >= 15 is 0 Å². The average Bonchev–Trinajstić information content (AvgIpc) is 1.69. The van der Waals surface area contributed by atoms with Crippen LogP contribution in [0.1, 0.15) is 19.3 Å². The van der Waals surface area contributed by atoms with Gasteiger partial charge in [0.05, 0.1) is 0 Å². The average molecular weight is 161 g/mol. The summed E-state index contributed by atoms with van der Waals surface area (Å²) in [5.41, 5.74) is 0. The summed E-state index contributed by atoms with van der Waals surface area (Å²) in [6.07, 6.45) is 8.28. The second kappa shape index (κ2) is 6.04. The van der Waals surface area contributed by atoms with Gasteiger partial charge in [-0.3, -0.25) is 0 Å². The molecule has 0 spiro atoms. The normalized spacial score (nSPS) is 8.00. The zero-order valence-corrected chi connectivity index (χ0v) is 5.87. The lowest BCUT2D eigenvalue weighted by molar-refractivity contribution is 0.841. The van der Waals surface area contributed by atoms with Crippen LogP contribution in [0.25, 0.3) is 0 Å². The van der Waals surface area contributed by atoms with Crippen LogP contribution in [0.3, 0.4) is 0 Å². The third kappa shape index (κ3) is 6.04. The van der Waals surface area contributed by atoms with Gasteiger partial charge in [-0.15, -0.1) is 12.3 Å². The molecular formula is C6H9Br. The second-order valence-electron chi connectivity index (χ2n) is 1.35. The molecule has 0 atom stereocenters. The number of rotatable bonds is 3. The van der Waals surface area contributed by atoms with Crippen LogP contribution in [0.4, 0.5) is 0 Å². The molecule has 0 radical (unpaired) electrons. The van der Waals surface area contributed by atoms with Crippen LogP contribution >= 0.6 is 15.9 Å². The van der Waals surface area contributed by atoms with E-state index in [1.54, 1.807) is 0 Å². The molecule has 0 aromatic heterocycles. The molecule has 0 aliphatic rings. The quantitative estimate of drug-likeness (QED) is 0.338. The molecule has 40 valence electrons. The Labute approximate surface area is 53.4 Å². The molecule has 0 saturated carbocycles. The molecule has 0 nitrogen and oxygen atoms in total. The summed E-state index contributed by atoms with van der Waals surface area (Å²) in [6.45, 7) is 0. The molecule has 0 rings (SSSR count). The van der Waals surface area contributed by atoms with E-state index in [4.69, 9.17) is 6.42 Å². The van der Waals surface area contributed by atoms with Gasteiger partial charge in [0, 0.05) is 11.8 Å². The lowest BCUT2D eigenvalue weighted by Gasteiger charge is -1.85. The molecular weight excluding hydrogens is 152 g/mol. The minimum Gasteiger partial charge on any atom is -0.120 e. The maximum atomic E-state index is 5.00. The highest BCUT2D eigenvalue weighted by Gasteiger charge is 1.78. The summed E-state index contributed by atoms with van der Waals surface area (Å²) < 4.78 is 0. The SMILES string of the molecule is C#CCCCCBr. The minimum absolute atomic E-state index is 0.922. The summed E-state index contributed by atoms with van der Waals surface area (Å²) in [5.74, 6) is 2.58. The van der Waals surface area contributed by atoms with Crippen LogP contribution in [0, 0.1) is 12.3 Å². The Morgan fingerprint density at radius 2 is 2.14 bits per heavy atom. The Morgan fingerprint density at radius 3 is 2.57 bits per heavy atom. The van der Waals surface area contributed by atoms with Crippen molar-refractivity contribution in [2.45, 2.75) is 19.3 Å². The molecule has 0 aromatic rings. The van der Waals surface area contributed by atoms with E-state index < -0.39 is 0 Å². The van der Waals surface area contributed by atoms with Crippen molar-refractivity contribution < 1.29 is 0 Å². The predicted octanol–water partition coefficient (Wildman–Crippen LogP) is 2.18. The van der Waals surface area contributed by atoms with Crippen molar-refractivity contribution in [1.82, 2.24) is 0 Å². The summed E-state index contributed by atoms with van der Waals surface area (Å²) in [6, 6.07) is 0. The third-order valence-electron chi connectivity index (χ3n) is 0.705. The van der Waals surface area contributed by atoms with Crippen molar-refractivity contribution in [3.05, 3.63) is 0 Å². The maximum absolute atomic E-state index is 5.00. The van der Waals surface area contributed by atoms with E-state index in [1.807, 2.05) is 0 Å². The van der Waals surface area contributed by atoms with Crippen LogP contribution in [-0.4, -0.2) is 5.33 Å². The molecule has 0 aromatic carbocycles. The van der Waals surface area contributed by atoms with Gasteiger partial charge in [0.15, 0.2) is 0 Å². The highest BCUT2D eigenvalue weighted by atomic mass is 79.9. The first-order valence-corrected chi connectivity index (χ1v) is 3.53. The summed E-state index contributed by atoms with van der Waals surface area (Å²) in [7, 11) is 0. The van der Waals surface area contributed by atoms with E-state index in [9.17, 15) is 0 Å². The lowest BCUT2D eigenvalue weighted by Crippen LogP contribution is -1.72. The molecule has 0 heterocycles. The van der Waals surface area contributed by atoms with Crippen LogP contribution in [-0.2, 0) is 0 Å². The largest absolute Gasteiger partial charge is 0.120 e. The van der Waals surface area contributed by atoms with Gasteiger partial charge in [0.25, 0.3) is 0 Å². The van der Waals surface area contributed by atoms with E-state index in [0.717, 1.165) is 18.2 Å². The van der Waals surface area contributed by atoms with Gasteiger partial charge < -0.3 is 0 Å². The van der Waals surface area contributed by atoms with E-state index in [1.165, 1.54) is 6.42 Å².